The lowest BCUT2D eigenvalue weighted by molar-refractivity contribution is 0.223. The maximum absolute atomic E-state index is 9.83. The number of hydrogen-bond donors (Lipinski definition) is 2. The third kappa shape index (κ3) is 7.67. The molecule has 1 aliphatic rings. The summed E-state index contributed by atoms with van der Waals surface area (Å²) in [5.41, 5.74) is 6.53. The number of rotatable bonds is 14. The second-order valence-corrected chi connectivity index (χ2v) is 10.2. The number of hydrogen-bond acceptors (Lipinski definition) is 5. The Balaban J connectivity index is 1.25. The van der Waals surface area contributed by atoms with Gasteiger partial charge >= 0.3 is 0 Å². The molecule has 0 fully saturated rings. The van der Waals surface area contributed by atoms with Crippen molar-refractivity contribution in [1.82, 2.24) is 4.90 Å². The van der Waals surface area contributed by atoms with Gasteiger partial charge in [-0.3, -0.25) is 0 Å². The average Bonchev–Trinajstić information content (AvgIpc) is 2.95. The van der Waals surface area contributed by atoms with Gasteiger partial charge in [-0.15, -0.1) is 0 Å². The van der Waals surface area contributed by atoms with Crippen LogP contribution in [0.15, 0.2) is 60.7 Å². The van der Waals surface area contributed by atoms with Crippen LogP contribution in [0, 0.1) is 0 Å². The summed E-state index contributed by atoms with van der Waals surface area (Å²) >= 11 is 0. The summed E-state index contributed by atoms with van der Waals surface area (Å²) in [6.07, 6.45) is 6.40. The number of ether oxygens (including phenoxy) is 2. The van der Waals surface area contributed by atoms with Crippen LogP contribution in [0.3, 0.4) is 0 Å². The van der Waals surface area contributed by atoms with E-state index < -0.39 is 0 Å². The number of likely N-dealkylation sites (N-methyl/N-ethyl adjacent to an activating group) is 1. The Hall–Kier alpha value is -3.18. The molecule has 0 aromatic heterocycles. The van der Waals surface area contributed by atoms with Crippen molar-refractivity contribution in [1.29, 1.82) is 0 Å². The highest BCUT2D eigenvalue weighted by molar-refractivity contribution is 5.57. The summed E-state index contributed by atoms with van der Waals surface area (Å²) in [7, 11) is 1.73. The van der Waals surface area contributed by atoms with Crippen LogP contribution < -0.4 is 14.8 Å². The smallest absolute Gasteiger partial charge is 0.120 e. The van der Waals surface area contributed by atoms with E-state index in [0.29, 0.717) is 11.7 Å². The maximum Gasteiger partial charge on any atom is 0.120 e. The van der Waals surface area contributed by atoms with E-state index in [4.69, 9.17) is 9.47 Å². The molecule has 3 aromatic rings. The van der Waals surface area contributed by atoms with Gasteiger partial charge in [-0.05, 0) is 110 Å². The first-order chi connectivity index (χ1) is 18.6. The van der Waals surface area contributed by atoms with Crippen molar-refractivity contribution in [2.45, 2.75) is 58.3 Å². The first-order valence-electron chi connectivity index (χ1n) is 14.3. The van der Waals surface area contributed by atoms with E-state index in [9.17, 15) is 5.11 Å². The lowest BCUT2D eigenvalue weighted by Crippen LogP contribution is -2.27. The summed E-state index contributed by atoms with van der Waals surface area (Å²) in [6.45, 7) is 9.14. The van der Waals surface area contributed by atoms with Crippen LogP contribution in [-0.4, -0.2) is 49.9 Å². The molecule has 0 saturated carbocycles. The Morgan fingerprint density at radius 3 is 2.47 bits per heavy atom. The van der Waals surface area contributed by atoms with Crippen molar-refractivity contribution in [3.63, 3.8) is 0 Å². The number of nitrogens with one attached hydrogen (secondary N) is 1. The van der Waals surface area contributed by atoms with Gasteiger partial charge in [0.1, 0.15) is 23.9 Å². The van der Waals surface area contributed by atoms with Gasteiger partial charge in [0.15, 0.2) is 0 Å². The zero-order chi connectivity index (χ0) is 26.7. The van der Waals surface area contributed by atoms with Crippen LogP contribution in [0.4, 0.5) is 5.69 Å². The third-order valence-corrected chi connectivity index (χ3v) is 7.82. The van der Waals surface area contributed by atoms with Gasteiger partial charge in [0.25, 0.3) is 0 Å². The number of unbranched alkanes of at least 4 members (excludes halogenated alkanes) is 1. The quantitative estimate of drug-likeness (QED) is 0.230. The van der Waals surface area contributed by atoms with E-state index in [2.05, 4.69) is 72.6 Å². The molecule has 0 heterocycles. The molecule has 2 N–H and O–H groups in total. The van der Waals surface area contributed by atoms with Crippen molar-refractivity contribution in [3.8, 4) is 17.2 Å². The molecule has 5 nitrogen and oxygen atoms in total. The van der Waals surface area contributed by atoms with Crippen LogP contribution in [-0.2, 0) is 19.3 Å². The van der Waals surface area contributed by atoms with Gasteiger partial charge in [0, 0.05) is 24.8 Å². The van der Waals surface area contributed by atoms with E-state index in [1.54, 1.807) is 7.11 Å². The predicted octanol–water partition coefficient (Wildman–Crippen LogP) is 6.83. The number of methoxy groups -OCH3 is 1. The Morgan fingerprint density at radius 2 is 1.71 bits per heavy atom. The summed E-state index contributed by atoms with van der Waals surface area (Å²) in [6, 6.07) is 20.8. The Kier molecular flexibility index (Phi) is 10.3. The van der Waals surface area contributed by atoms with Gasteiger partial charge in [-0.2, -0.15) is 0 Å². The van der Waals surface area contributed by atoms with E-state index in [0.717, 1.165) is 82.8 Å². The number of phenols is 1. The van der Waals surface area contributed by atoms with Crippen molar-refractivity contribution < 1.29 is 14.6 Å². The lowest BCUT2D eigenvalue weighted by atomic mass is 9.79. The van der Waals surface area contributed by atoms with Crippen LogP contribution in [0.1, 0.15) is 61.3 Å². The number of nitrogens with zero attached hydrogens (tertiary/aromatic N) is 1. The molecule has 0 aliphatic heterocycles. The molecular formula is C33H44N2O3. The minimum absolute atomic E-state index is 0.365. The largest absolute Gasteiger partial charge is 0.508 e. The molecule has 1 unspecified atom stereocenters. The van der Waals surface area contributed by atoms with E-state index in [1.165, 1.54) is 27.9 Å². The normalized spacial score (nSPS) is 14.8. The highest BCUT2D eigenvalue weighted by Crippen LogP contribution is 2.38. The molecule has 3 aromatic carbocycles. The fourth-order valence-electron chi connectivity index (χ4n) is 5.44. The van der Waals surface area contributed by atoms with Gasteiger partial charge in [0.05, 0.1) is 7.11 Å². The summed E-state index contributed by atoms with van der Waals surface area (Å²) in [4.78, 5) is 2.37. The monoisotopic (exact) mass is 516 g/mol. The second-order valence-electron chi connectivity index (χ2n) is 10.2. The molecule has 0 radical (unpaired) electrons. The SMILES string of the molecule is CCN(CC)CCOc1ccc(CCCCNc2cc(OC)ccc2C2CCc3cc(O)ccc3C2)cc1. The fourth-order valence-corrected chi connectivity index (χ4v) is 5.44. The molecule has 4 rings (SSSR count). The maximum atomic E-state index is 9.83. The standard InChI is InChI=1S/C33H44N2O3/c1-4-35(5-2)20-21-38-30-15-9-25(10-16-30)8-6-7-19-34-33-24-31(37-3)17-18-32(33)28-12-11-27-23-29(36)14-13-26(27)22-28/h9-10,13-18,23-24,28,34,36H,4-8,11-12,19-22H2,1-3H3. The minimum Gasteiger partial charge on any atom is -0.508 e. The van der Waals surface area contributed by atoms with E-state index >= 15 is 0 Å². The van der Waals surface area contributed by atoms with Crippen LogP contribution in [0.25, 0.3) is 0 Å². The molecular weight excluding hydrogens is 472 g/mol. The van der Waals surface area contributed by atoms with Crippen LogP contribution >= 0.6 is 0 Å². The number of fused-ring (bicyclic) bond motifs is 1. The molecule has 1 atom stereocenters. The van der Waals surface area contributed by atoms with Crippen LogP contribution in [0.2, 0.25) is 0 Å². The number of benzene rings is 3. The van der Waals surface area contributed by atoms with Crippen molar-refractivity contribution in [2.24, 2.45) is 0 Å². The third-order valence-electron chi connectivity index (χ3n) is 7.82. The molecule has 1 aliphatic carbocycles. The van der Waals surface area contributed by atoms with Crippen molar-refractivity contribution >= 4 is 5.69 Å². The van der Waals surface area contributed by atoms with Gasteiger partial charge in [0.2, 0.25) is 0 Å². The van der Waals surface area contributed by atoms with Gasteiger partial charge < -0.3 is 24.8 Å². The summed E-state index contributed by atoms with van der Waals surface area (Å²) in [5, 5.41) is 13.5. The number of anilines is 1. The van der Waals surface area contributed by atoms with Gasteiger partial charge in [-0.1, -0.05) is 38.1 Å². The van der Waals surface area contributed by atoms with Gasteiger partial charge in [-0.25, -0.2) is 0 Å². The van der Waals surface area contributed by atoms with E-state index in [-0.39, 0.29) is 0 Å². The molecule has 38 heavy (non-hydrogen) atoms. The zero-order valence-electron chi connectivity index (χ0n) is 23.3. The number of phenolic OH excluding ortho intramolecular Hbond substituents is 1. The second kappa shape index (κ2) is 14.1. The van der Waals surface area contributed by atoms with E-state index in [1.807, 2.05) is 12.1 Å². The predicted molar refractivity (Wildman–Crippen MR) is 157 cm³/mol. The Morgan fingerprint density at radius 1 is 0.921 bits per heavy atom. The number of aryl methyl sites for hydroxylation is 2. The lowest BCUT2D eigenvalue weighted by Gasteiger charge is -2.27. The van der Waals surface area contributed by atoms with Crippen molar-refractivity contribution in [3.05, 3.63) is 82.9 Å². The minimum atomic E-state index is 0.365. The first-order valence-corrected chi connectivity index (χ1v) is 14.3. The topological polar surface area (TPSA) is 54.0 Å². The summed E-state index contributed by atoms with van der Waals surface area (Å²) < 4.78 is 11.4. The van der Waals surface area contributed by atoms with Crippen molar-refractivity contribution in [2.75, 3.05) is 45.2 Å². The zero-order valence-corrected chi connectivity index (χ0v) is 23.3. The molecule has 0 saturated heterocycles. The molecule has 204 valence electrons. The molecule has 0 spiro atoms. The number of aromatic hydroxyl groups is 1. The molecule has 0 amide bonds. The average molecular weight is 517 g/mol. The fraction of sp³-hybridized carbons (Fsp3) is 0.455. The molecule has 0 bridgehead atoms. The van der Waals surface area contributed by atoms with Crippen LogP contribution in [0.5, 0.6) is 17.2 Å². The first kappa shape index (κ1) is 27.8. The highest BCUT2D eigenvalue weighted by atomic mass is 16.5. The molecule has 5 heteroatoms. The summed E-state index contributed by atoms with van der Waals surface area (Å²) in [5.74, 6) is 2.67. The highest BCUT2D eigenvalue weighted by Gasteiger charge is 2.23. The Bertz CT molecular complexity index is 1140. The Labute approximate surface area is 228 Å².